The molecule has 0 bridgehead atoms. The molecule has 0 spiro atoms. The van der Waals surface area contributed by atoms with Crippen molar-refractivity contribution in [2.75, 3.05) is 22.8 Å². The van der Waals surface area contributed by atoms with Gasteiger partial charge in [0, 0.05) is 5.69 Å². The largest absolute Gasteiger partial charge is 0.494 e. The van der Waals surface area contributed by atoms with Crippen LogP contribution in [0.5, 0.6) is 5.75 Å². The van der Waals surface area contributed by atoms with Crippen molar-refractivity contribution in [2.24, 2.45) is 0 Å². The molecule has 0 unspecified atom stereocenters. The highest BCUT2D eigenvalue weighted by atomic mass is 32.2. The van der Waals surface area contributed by atoms with E-state index in [0.29, 0.717) is 18.0 Å². The minimum Gasteiger partial charge on any atom is -0.494 e. The van der Waals surface area contributed by atoms with Crippen molar-refractivity contribution in [1.82, 2.24) is 0 Å². The number of sulfonamides is 1. The molecule has 31 heavy (non-hydrogen) atoms. The number of nitrogens with one attached hydrogen (secondary N) is 1. The van der Waals surface area contributed by atoms with Gasteiger partial charge in [0.05, 0.1) is 17.2 Å². The lowest BCUT2D eigenvalue weighted by Gasteiger charge is -2.24. The van der Waals surface area contributed by atoms with E-state index in [1.165, 1.54) is 30.3 Å². The first-order valence-electron chi connectivity index (χ1n) is 9.68. The highest BCUT2D eigenvalue weighted by molar-refractivity contribution is 7.92. The van der Waals surface area contributed by atoms with Gasteiger partial charge >= 0.3 is 0 Å². The van der Waals surface area contributed by atoms with Crippen LogP contribution in [0.4, 0.5) is 15.8 Å². The van der Waals surface area contributed by atoms with E-state index in [1.54, 1.807) is 36.4 Å². The highest BCUT2D eigenvalue weighted by Gasteiger charge is 2.29. The lowest BCUT2D eigenvalue weighted by molar-refractivity contribution is -0.114. The van der Waals surface area contributed by atoms with E-state index in [9.17, 15) is 17.6 Å². The smallest absolute Gasteiger partial charge is 0.264 e. The molecule has 0 aliphatic carbocycles. The topological polar surface area (TPSA) is 75.7 Å². The van der Waals surface area contributed by atoms with Crippen molar-refractivity contribution >= 4 is 27.3 Å². The first kappa shape index (κ1) is 22.3. The van der Waals surface area contributed by atoms with Gasteiger partial charge in [0.25, 0.3) is 10.0 Å². The van der Waals surface area contributed by atoms with Gasteiger partial charge in [-0.1, -0.05) is 29.8 Å². The molecular weight excluding hydrogens is 419 g/mol. The zero-order valence-electron chi connectivity index (χ0n) is 17.2. The number of carbonyl (C=O) groups is 1. The Morgan fingerprint density at radius 1 is 1.00 bits per heavy atom. The van der Waals surface area contributed by atoms with Gasteiger partial charge < -0.3 is 10.1 Å². The summed E-state index contributed by atoms with van der Waals surface area (Å²) < 4.78 is 47.2. The summed E-state index contributed by atoms with van der Waals surface area (Å²) in [6.45, 7) is 3.61. The number of amides is 1. The number of hydrogen-bond acceptors (Lipinski definition) is 4. The number of ether oxygens (including phenoxy) is 1. The summed E-state index contributed by atoms with van der Waals surface area (Å²) in [5.41, 5.74) is 1.14. The van der Waals surface area contributed by atoms with Crippen molar-refractivity contribution in [3.8, 4) is 5.75 Å². The monoisotopic (exact) mass is 442 g/mol. The van der Waals surface area contributed by atoms with E-state index in [2.05, 4.69) is 5.32 Å². The van der Waals surface area contributed by atoms with Gasteiger partial charge in [-0.05, 0) is 62.4 Å². The third-order valence-corrected chi connectivity index (χ3v) is 6.24. The normalized spacial score (nSPS) is 11.1. The standard InChI is InChI=1S/C23H23FN2O4S/c1-3-30-19-12-10-18(11-13-19)25-23(27)16-26(22-7-5-4-6-21(22)24)31(28,29)20-14-8-17(2)9-15-20/h4-15H,3,16H2,1-2H3,(H,25,27). The fourth-order valence-electron chi connectivity index (χ4n) is 2.92. The molecule has 1 amide bonds. The molecule has 3 aromatic rings. The lowest BCUT2D eigenvalue weighted by atomic mass is 10.2. The lowest BCUT2D eigenvalue weighted by Crippen LogP contribution is -2.38. The molecule has 0 saturated carbocycles. The van der Waals surface area contributed by atoms with Crippen LogP contribution in [-0.2, 0) is 14.8 Å². The SMILES string of the molecule is CCOc1ccc(NC(=O)CN(c2ccccc2F)S(=O)(=O)c2ccc(C)cc2)cc1. The Balaban J connectivity index is 1.89. The maximum Gasteiger partial charge on any atom is 0.264 e. The number of aryl methyl sites for hydroxylation is 1. The van der Waals surface area contributed by atoms with Crippen LogP contribution >= 0.6 is 0 Å². The summed E-state index contributed by atoms with van der Waals surface area (Å²) in [7, 11) is -4.18. The number of carbonyl (C=O) groups excluding carboxylic acids is 1. The van der Waals surface area contributed by atoms with Crippen LogP contribution in [0.3, 0.4) is 0 Å². The summed E-state index contributed by atoms with van der Waals surface area (Å²) in [5.74, 6) is -0.703. The molecule has 3 aromatic carbocycles. The van der Waals surface area contributed by atoms with Crippen LogP contribution in [0, 0.1) is 12.7 Å². The third-order valence-electron chi connectivity index (χ3n) is 4.47. The first-order valence-corrected chi connectivity index (χ1v) is 11.1. The number of halogens is 1. The number of para-hydroxylation sites is 1. The Morgan fingerprint density at radius 2 is 1.65 bits per heavy atom. The molecule has 162 valence electrons. The average Bonchev–Trinajstić information content (AvgIpc) is 2.74. The Bertz CT molecular complexity index is 1150. The summed E-state index contributed by atoms with van der Waals surface area (Å²) >= 11 is 0. The zero-order valence-corrected chi connectivity index (χ0v) is 18.0. The summed E-state index contributed by atoms with van der Waals surface area (Å²) in [6, 6.07) is 18.3. The summed E-state index contributed by atoms with van der Waals surface area (Å²) in [6.07, 6.45) is 0. The Labute approximate surface area is 181 Å². The summed E-state index contributed by atoms with van der Waals surface area (Å²) in [4.78, 5) is 12.6. The van der Waals surface area contributed by atoms with Gasteiger partial charge in [-0.3, -0.25) is 9.10 Å². The second kappa shape index (κ2) is 9.61. The zero-order chi connectivity index (χ0) is 22.4. The van der Waals surface area contributed by atoms with Gasteiger partial charge in [0.15, 0.2) is 0 Å². The van der Waals surface area contributed by atoms with E-state index in [1.807, 2.05) is 13.8 Å². The Morgan fingerprint density at radius 3 is 2.26 bits per heavy atom. The quantitative estimate of drug-likeness (QED) is 0.562. The van der Waals surface area contributed by atoms with Crippen molar-refractivity contribution in [3.63, 3.8) is 0 Å². The number of anilines is 2. The number of hydrogen-bond donors (Lipinski definition) is 1. The Hall–Kier alpha value is -3.39. The second-order valence-corrected chi connectivity index (χ2v) is 8.64. The van der Waals surface area contributed by atoms with E-state index >= 15 is 0 Å². The van der Waals surface area contributed by atoms with Gasteiger partial charge in [-0.2, -0.15) is 0 Å². The molecule has 0 heterocycles. The van der Waals surface area contributed by atoms with Gasteiger partial charge in [-0.15, -0.1) is 0 Å². The van der Waals surface area contributed by atoms with E-state index in [0.717, 1.165) is 15.9 Å². The molecule has 0 saturated heterocycles. The van der Waals surface area contributed by atoms with Crippen LogP contribution in [0.1, 0.15) is 12.5 Å². The average molecular weight is 443 g/mol. The number of rotatable bonds is 8. The van der Waals surface area contributed by atoms with Gasteiger partial charge in [0.1, 0.15) is 18.1 Å². The molecular formula is C23H23FN2O4S. The maximum atomic E-state index is 14.5. The van der Waals surface area contributed by atoms with Crippen LogP contribution in [0.25, 0.3) is 0 Å². The molecule has 0 aliphatic rings. The molecule has 0 radical (unpaired) electrons. The minimum atomic E-state index is -4.18. The van der Waals surface area contributed by atoms with Crippen LogP contribution in [-0.4, -0.2) is 27.5 Å². The van der Waals surface area contributed by atoms with Crippen molar-refractivity contribution in [1.29, 1.82) is 0 Å². The van der Waals surface area contributed by atoms with Crippen molar-refractivity contribution in [2.45, 2.75) is 18.7 Å². The fourth-order valence-corrected chi connectivity index (χ4v) is 4.35. The van der Waals surface area contributed by atoms with Crippen molar-refractivity contribution < 1.29 is 22.3 Å². The molecule has 8 heteroatoms. The Kier molecular flexibility index (Phi) is 6.91. The van der Waals surface area contributed by atoms with Crippen LogP contribution in [0.2, 0.25) is 0 Å². The van der Waals surface area contributed by atoms with E-state index in [-0.39, 0.29) is 10.6 Å². The van der Waals surface area contributed by atoms with Gasteiger partial charge in [0.2, 0.25) is 5.91 Å². The maximum absolute atomic E-state index is 14.5. The molecule has 0 fully saturated rings. The number of benzene rings is 3. The molecule has 0 aliphatic heterocycles. The van der Waals surface area contributed by atoms with E-state index < -0.39 is 28.3 Å². The number of nitrogens with zero attached hydrogens (tertiary/aromatic N) is 1. The fraction of sp³-hybridized carbons (Fsp3) is 0.174. The predicted molar refractivity (Wildman–Crippen MR) is 118 cm³/mol. The van der Waals surface area contributed by atoms with Crippen molar-refractivity contribution in [3.05, 3.63) is 84.2 Å². The third kappa shape index (κ3) is 5.40. The van der Waals surface area contributed by atoms with E-state index in [4.69, 9.17) is 4.74 Å². The predicted octanol–water partition coefficient (Wildman–Crippen LogP) is 4.37. The molecule has 6 nitrogen and oxygen atoms in total. The summed E-state index contributed by atoms with van der Waals surface area (Å²) in [5, 5.41) is 2.64. The highest BCUT2D eigenvalue weighted by Crippen LogP contribution is 2.26. The second-order valence-electron chi connectivity index (χ2n) is 6.78. The molecule has 1 N–H and O–H groups in total. The van der Waals surface area contributed by atoms with Crippen LogP contribution < -0.4 is 14.4 Å². The minimum absolute atomic E-state index is 0.0322. The molecule has 0 atom stereocenters. The van der Waals surface area contributed by atoms with Gasteiger partial charge in [-0.25, -0.2) is 12.8 Å². The first-order chi connectivity index (χ1) is 14.8. The van der Waals surface area contributed by atoms with Crippen LogP contribution in [0.15, 0.2) is 77.7 Å². The molecule has 3 rings (SSSR count). The molecule has 0 aromatic heterocycles.